The Labute approximate surface area is 135 Å². The van der Waals surface area contributed by atoms with Gasteiger partial charge in [0.2, 0.25) is 15.9 Å². The number of nitro benzene ring substituents is 1. The van der Waals surface area contributed by atoms with Crippen LogP contribution in [-0.2, 0) is 19.6 Å². The molecule has 10 nitrogen and oxygen atoms in total. The minimum Gasteiger partial charge on any atom is -0.480 e. The van der Waals surface area contributed by atoms with Gasteiger partial charge in [0.15, 0.2) is 0 Å². The van der Waals surface area contributed by atoms with Gasteiger partial charge in [-0.05, 0) is 12.5 Å². The van der Waals surface area contributed by atoms with Crippen molar-refractivity contribution in [2.45, 2.75) is 23.8 Å². The van der Waals surface area contributed by atoms with E-state index in [4.69, 9.17) is 22.4 Å². The number of carbonyl (C=O) groups excluding carboxylic acids is 1. The summed E-state index contributed by atoms with van der Waals surface area (Å²) in [6.07, 6.45) is -0.738. The second kappa shape index (κ2) is 7.35. The smallest absolute Gasteiger partial charge is 0.321 e. The highest BCUT2D eigenvalue weighted by Crippen LogP contribution is 2.26. The zero-order valence-corrected chi connectivity index (χ0v) is 13.0. The Hall–Kier alpha value is -2.24. The van der Waals surface area contributed by atoms with E-state index < -0.39 is 43.4 Å². The number of amides is 1. The minimum absolute atomic E-state index is 0.317. The van der Waals surface area contributed by atoms with Crippen molar-refractivity contribution in [1.82, 2.24) is 4.72 Å². The molecule has 0 aromatic heterocycles. The molecule has 0 heterocycles. The lowest BCUT2D eigenvalue weighted by Crippen LogP contribution is -2.41. The van der Waals surface area contributed by atoms with E-state index in [9.17, 15) is 28.1 Å². The van der Waals surface area contributed by atoms with Crippen molar-refractivity contribution in [3.63, 3.8) is 0 Å². The molecule has 0 aliphatic heterocycles. The summed E-state index contributed by atoms with van der Waals surface area (Å²) in [6, 6.07) is 1.08. The number of non-ortho nitro benzene ring substituents is 1. The number of benzene rings is 1. The van der Waals surface area contributed by atoms with Gasteiger partial charge in [0.1, 0.15) is 10.9 Å². The van der Waals surface area contributed by atoms with Crippen LogP contribution in [0.1, 0.15) is 12.8 Å². The molecule has 12 heteroatoms. The van der Waals surface area contributed by atoms with Gasteiger partial charge >= 0.3 is 5.97 Å². The molecule has 0 unspecified atom stereocenters. The quantitative estimate of drug-likeness (QED) is 0.437. The third-order valence-corrected chi connectivity index (χ3v) is 4.64. The SMILES string of the molecule is NC(=O)CC[C@H](NS(=O)(=O)c1cc([N+](=O)[O-])ccc1Cl)C(=O)O. The number of nitrogens with zero attached hydrogens (tertiary/aromatic N) is 1. The average Bonchev–Trinajstić information content (AvgIpc) is 2.42. The molecule has 1 amide bonds. The highest BCUT2D eigenvalue weighted by Gasteiger charge is 2.28. The maximum atomic E-state index is 12.2. The molecular weight excluding hydrogens is 354 g/mol. The lowest BCUT2D eigenvalue weighted by molar-refractivity contribution is -0.385. The van der Waals surface area contributed by atoms with Crippen LogP contribution >= 0.6 is 11.6 Å². The first kappa shape index (κ1) is 18.8. The standard InChI is InChI=1S/C11H12ClN3O7S/c12-7-2-1-6(15(19)20)5-9(7)23(21,22)14-8(11(17)18)3-4-10(13)16/h1-2,5,8,14H,3-4H2,(H2,13,16)(H,17,18)/t8-/m0/s1. The summed E-state index contributed by atoms with van der Waals surface area (Å²) in [6.45, 7) is 0. The molecule has 0 aliphatic carbocycles. The van der Waals surface area contributed by atoms with E-state index >= 15 is 0 Å². The van der Waals surface area contributed by atoms with Crippen LogP contribution in [0.5, 0.6) is 0 Å². The number of carboxylic acids is 1. The molecule has 1 rings (SSSR count). The number of hydrogen-bond acceptors (Lipinski definition) is 6. The molecule has 0 bridgehead atoms. The summed E-state index contributed by atoms with van der Waals surface area (Å²) in [7, 11) is -4.46. The van der Waals surface area contributed by atoms with Gasteiger partial charge < -0.3 is 10.8 Å². The molecule has 0 saturated carbocycles. The van der Waals surface area contributed by atoms with Gasteiger partial charge in [-0.25, -0.2) is 8.42 Å². The van der Waals surface area contributed by atoms with Gasteiger partial charge in [0, 0.05) is 18.6 Å². The molecule has 1 aromatic rings. The van der Waals surface area contributed by atoms with Crippen molar-refractivity contribution in [3.8, 4) is 0 Å². The van der Waals surface area contributed by atoms with Crippen LogP contribution in [0.4, 0.5) is 5.69 Å². The zero-order chi connectivity index (χ0) is 17.8. The summed E-state index contributed by atoms with van der Waals surface area (Å²) >= 11 is 5.71. The van der Waals surface area contributed by atoms with E-state index in [-0.39, 0.29) is 17.9 Å². The Morgan fingerprint density at radius 3 is 2.52 bits per heavy atom. The van der Waals surface area contributed by atoms with Crippen LogP contribution in [-0.4, -0.2) is 36.4 Å². The normalized spacial score (nSPS) is 12.6. The molecule has 4 N–H and O–H groups in total. The van der Waals surface area contributed by atoms with Gasteiger partial charge in [0.25, 0.3) is 5.69 Å². The van der Waals surface area contributed by atoms with Crippen LogP contribution in [0.3, 0.4) is 0 Å². The van der Waals surface area contributed by atoms with Crippen molar-refractivity contribution in [1.29, 1.82) is 0 Å². The van der Waals surface area contributed by atoms with Crippen LogP contribution in [0.2, 0.25) is 5.02 Å². The number of rotatable bonds is 8. The molecule has 126 valence electrons. The predicted molar refractivity (Wildman–Crippen MR) is 78.3 cm³/mol. The summed E-state index contributed by atoms with van der Waals surface area (Å²) < 4.78 is 26.2. The van der Waals surface area contributed by atoms with Gasteiger partial charge in [-0.2, -0.15) is 4.72 Å². The number of halogens is 1. The van der Waals surface area contributed by atoms with Crippen molar-refractivity contribution < 1.29 is 28.0 Å². The summed E-state index contributed by atoms with van der Waals surface area (Å²) in [5.41, 5.74) is 4.36. The van der Waals surface area contributed by atoms with Crippen LogP contribution in [0, 0.1) is 10.1 Å². The maximum Gasteiger partial charge on any atom is 0.321 e. The molecule has 23 heavy (non-hydrogen) atoms. The van der Waals surface area contributed by atoms with Crippen LogP contribution in [0.15, 0.2) is 23.1 Å². The Kier molecular flexibility index (Phi) is 6.01. The first-order valence-corrected chi connectivity index (χ1v) is 7.88. The van der Waals surface area contributed by atoms with Crippen molar-refractivity contribution in [3.05, 3.63) is 33.3 Å². The van der Waals surface area contributed by atoms with Gasteiger partial charge in [0.05, 0.1) is 9.95 Å². The number of nitrogens with one attached hydrogen (secondary N) is 1. The largest absolute Gasteiger partial charge is 0.480 e. The fourth-order valence-electron chi connectivity index (χ4n) is 1.58. The molecular formula is C11H12ClN3O7S. The van der Waals surface area contributed by atoms with Crippen LogP contribution in [0.25, 0.3) is 0 Å². The van der Waals surface area contributed by atoms with E-state index in [1.54, 1.807) is 0 Å². The number of nitro groups is 1. The van der Waals surface area contributed by atoms with Crippen LogP contribution < -0.4 is 10.5 Å². The number of primary amides is 1. The monoisotopic (exact) mass is 365 g/mol. The first-order chi connectivity index (χ1) is 10.5. The van der Waals surface area contributed by atoms with E-state index in [0.717, 1.165) is 12.1 Å². The molecule has 0 radical (unpaired) electrons. The molecule has 0 saturated heterocycles. The van der Waals surface area contributed by atoms with Gasteiger partial charge in [-0.15, -0.1) is 0 Å². The Morgan fingerprint density at radius 1 is 1.43 bits per heavy atom. The van der Waals surface area contributed by atoms with E-state index in [2.05, 4.69) is 0 Å². The van der Waals surface area contributed by atoms with E-state index in [0.29, 0.717) is 6.07 Å². The second-order valence-electron chi connectivity index (χ2n) is 4.39. The summed E-state index contributed by atoms with van der Waals surface area (Å²) in [5, 5.41) is 19.4. The van der Waals surface area contributed by atoms with Gasteiger partial charge in [-0.1, -0.05) is 11.6 Å². The summed E-state index contributed by atoms with van der Waals surface area (Å²) in [5.74, 6) is -2.33. The Morgan fingerprint density at radius 2 is 2.04 bits per heavy atom. The topological polar surface area (TPSA) is 170 Å². The van der Waals surface area contributed by atoms with E-state index in [1.165, 1.54) is 0 Å². The Balaban J connectivity index is 3.14. The molecule has 1 aromatic carbocycles. The van der Waals surface area contributed by atoms with Crippen molar-refractivity contribution in [2.75, 3.05) is 0 Å². The third-order valence-electron chi connectivity index (χ3n) is 2.69. The highest BCUT2D eigenvalue weighted by atomic mass is 35.5. The number of carbonyl (C=O) groups is 2. The lowest BCUT2D eigenvalue weighted by atomic mass is 10.2. The fraction of sp³-hybridized carbons (Fsp3) is 0.273. The third kappa shape index (κ3) is 5.16. The molecule has 0 fully saturated rings. The predicted octanol–water partition coefficient (Wildman–Crippen LogP) is 0.245. The number of aliphatic carboxylic acids is 1. The molecule has 1 atom stereocenters. The Bertz CT molecular complexity index is 750. The van der Waals surface area contributed by atoms with Crippen molar-refractivity contribution in [2.24, 2.45) is 5.73 Å². The minimum atomic E-state index is -4.46. The fourth-order valence-corrected chi connectivity index (χ4v) is 3.32. The summed E-state index contributed by atoms with van der Waals surface area (Å²) in [4.78, 5) is 31.0. The maximum absolute atomic E-state index is 12.2. The number of carboxylic acid groups (broad SMARTS) is 1. The lowest BCUT2D eigenvalue weighted by Gasteiger charge is -2.14. The number of sulfonamides is 1. The number of nitrogens with two attached hydrogens (primary N) is 1. The zero-order valence-electron chi connectivity index (χ0n) is 11.4. The number of hydrogen-bond donors (Lipinski definition) is 3. The van der Waals surface area contributed by atoms with Crippen molar-refractivity contribution >= 4 is 39.2 Å². The molecule has 0 spiro atoms. The highest BCUT2D eigenvalue weighted by molar-refractivity contribution is 7.89. The first-order valence-electron chi connectivity index (χ1n) is 6.02. The van der Waals surface area contributed by atoms with E-state index in [1.807, 2.05) is 4.72 Å². The molecule has 0 aliphatic rings. The van der Waals surface area contributed by atoms with Gasteiger partial charge in [-0.3, -0.25) is 19.7 Å². The second-order valence-corrected chi connectivity index (χ2v) is 6.48. The average molecular weight is 366 g/mol.